The Balaban J connectivity index is 3.24. The van der Waals surface area contributed by atoms with E-state index in [2.05, 4.69) is 32.9 Å². The maximum absolute atomic E-state index is 2.46. The van der Waals surface area contributed by atoms with Crippen molar-refractivity contribution in [3.8, 4) is 0 Å². The van der Waals surface area contributed by atoms with Gasteiger partial charge in [0.2, 0.25) is 0 Å². The molecule has 1 unspecified atom stereocenters. The molecular weight excluding hydrogens is 360 g/mol. The van der Waals surface area contributed by atoms with E-state index in [9.17, 15) is 0 Å². The van der Waals surface area contributed by atoms with E-state index in [0.717, 1.165) is 5.92 Å². The van der Waals surface area contributed by atoms with Crippen molar-refractivity contribution in [3.63, 3.8) is 0 Å². The highest BCUT2D eigenvalue weighted by Crippen LogP contribution is 2.21. The fourth-order valence-corrected chi connectivity index (χ4v) is 4.62. The third kappa shape index (κ3) is 24.0. The van der Waals surface area contributed by atoms with Gasteiger partial charge < -0.3 is 0 Å². The van der Waals surface area contributed by atoms with Crippen LogP contribution in [0.25, 0.3) is 0 Å². The molecule has 0 radical (unpaired) electrons. The molecule has 180 valence electrons. The topological polar surface area (TPSA) is 0 Å². The van der Waals surface area contributed by atoms with E-state index in [1.54, 1.807) is 0 Å². The highest BCUT2D eigenvalue weighted by Gasteiger charge is 2.05. The fourth-order valence-electron chi connectivity index (χ4n) is 4.62. The van der Waals surface area contributed by atoms with E-state index in [1.807, 2.05) is 0 Å². The van der Waals surface area contributed by atoms with Gasteiger partial charge in [-0.1, -0.05) is 161 Å². The van der Waals surface area contributed by atoms with Crippen molar-refractivity contribution >= 4 is 0 Å². The minimum Gasteiger partial charge on any atom is -0.0885 e. The predicted molar refractivity (Wildman–Crippen MR) is 140 cm³/mol. The molecule has 30 heavy (non-hydrogen) atoms. The van der Waals surface area contributed by atoms with Crippen LogP contribution in [-0.2, 0) is 0 Å². The van der Waals surface area contributed by atoms with E-state index < -0.39 is 0 Å². The van der Waals surface area contributed by atoms with Gasteiger partial charge in [-0.15, -0.1) is 0 Å². The number of unbranched alkanes of at least 4 members (excludes halogenated alkanes) is 18. The van der Waals surface area contributed by atoms with Crippen LogP contribution in [0, 0.1) is 5.92 Å². The fraction of sp³-hybridized carbons (Fsp3) is 0.933. The number of hydrogen-bond acceptors (Lipinski definition) is 0. The molecule has 0 fully saturated rings. The molecule has 0 aliphatic rings. The van der Waals surface area contributed by atoms with Gasteiger partial charge in [-0.2, -0.15) is 0 Å². The summed E-state index contributed by atoms with van der Waals surface area (Å²) in [7, 11) is 0. The first-order valence-electron chi connectivity index (χ1n) is 14.5. The Hall–Kier alpha value is -0.260. The van der Waals surface area contributed by atoms with Crippen molar-refractivity contribution in [1.82, 2.24) is 0 Å². The molecule has 0 heterocycles. The van der Waals surface area contributed by atoms with Crippen LogP contribution in [0.1, 0.15) is 175 Å². The van der Waals surface area contributed by atoms with Gasteiger partial charge in [0.25, 0.3) is 0 Å². The standard InChI is InChI=1S/C30H60/c1-4-7-9-11-12-13-14-15-16-17-18-19-20-21-22-23-24-25-27-29-30(6-3)28-26-10-8-5-2/h20-21,30H,4-19,22-29H2,1-3H3. The molecule has 0 N–H and O–H groups in total. The smallest absolute Gasteiger partial charge is 0.0351 e. The van der Waals surface area contributed by atoms with E-state index >= 15 is 0 Å². The van der Waals surface area contributed by atoms with Crippen LogP contribution in [0.2, 0.25) is 0 Å². The van der Waals surface area contributed by atoms with Crippen molar-refractivity contribution in [1.29, 1.82) is 0 Å². The lowest BCUT2D eigenvalue weighted by molar-refractivity contribution is 0.395. The molecule has 0 heteroatoms. The van der Waals surface area contributed by atoms with Gasteiger partial charge in [0, 0.05) is 0 Å². The van der Waals surface area contributed by atoms with Gasteiger partial charge in [0.15, 0.2) is 0 Å². The van der Waals surface area contributed by atoms with Crippen LogP contribution < -0.4 is 0 Å². The molecule has 0 aromatic carbocycles. The van der Waals surface area contributed by atoms with Crippen LogP contribution in [0.3, 0.4) is 0 Å². The minimum absolute atomic E-state index is 1.01. The third-order valence-electron chi connectivity index (χ3n) is 6.92. The van der Waals surface area contributed by atoms with Crippen molar-refractivity contribution in [2.24, 2.45) is 5.92 Å². The molecule has 0 rings (SSSR count). The highest BCUT2D eigenvalue weighted by atomic mass is 14.1. The van der Waals surface area contributed by atoms with Crippen LogP contribution in [-0.4, -0.2) is 0 Å². The van der Waals surface area contributed by atoms with E-state index in [-0.39, 0.29) is 0 Å². The highest BCUT2D eigenvalue weighted by molar-refractivity contribution is 4.81. The second-order valence-corrected chi connectivity index (χ2v) is 9.91. The molecule has 0 aromatic heterocycles. The summed E-state index contributed by atoms with van der Waals surface area (Å²) >= 11 is 0. The molecule has 0 aromatic rings. The van der Waals surface area contributed by atoms with Gasteiger partial charge >= 0.3 is 0 Å². The van der Waals surface area contributed by atoms with Crippen LogP contribution >= 0.6 is 0 Å². The Morgan fingerprint density at radius 2 is 0.733 bits per heavy atom. The van der Waals surface area contributed by atoms with Crippen molar-refractivity contribution in [2.45, 2.75) is 175 Å². The molecule has 0 saturated carbocycles. The van der Waals surface area contributed by atoms with Crippen molar-refractivity contribution in [3.05, 3.63) is 12.2 Å². The normalized spacial score (nSPS) is 12.8. The summed E-state index contributed by atoms with van der Waals surface area (Å²) in [6, 6.07) is 0. The number of allylic oxidation sites excluding steroid dienone is 2. The van der Waals surface area contributed by atoms with Gasteiger partial charge in [-0.3, -0.25) is 0 Å². The van der Waals surface area contributed by atoms with Gasteiger partial charge in [-0.25, -0.2) is 0 Å². The molecule has 0 nitrogen and oxygen atoms in total. The van der Waals surface area contributed by atoms with Gasteiger partial charge in [0.05, 0.1) is 0 Å². The summed E-state index contributed by atoms with van der Waals surface area (Å²) in [4.78, 5) is 0. The molecule has 0 amide bonds. The van der Waals surface area contributed by atoms with E-state index in [0.29, 0.717) is 0 Å². The summed E-state index contributed by atoms with van der Waals surface area (Å²) in [5.74, 6) is 1.01. The lowest BCUT2D eigenvalue weighted by Crippen LogP contribution is -1.99. The van der Waals surface area contributed by atoms with Crippen LogP contribution in [0.15, 0.2) is 12.2 Å². The largest absolute Gasteiger partial charge is 0.0885 e. The molecule has 0 aliphatic heterocycles. The SMILES string of the molecule is CCCCCCCCCCCCCC=CCCCCCCC(CC)CCCCCC. The maximum atomic E-state index is 2.46. The van der Waals surface area contributed by atoms with Crippen molar-refractivity contribution in [2.75, 3.05) is 0 Å². The summed E-state index contributed by atoms with van der Waals surface area (Å²) in [5.41, 5.74) is 0. The van der Waals surface area contributed by atoms with Gasteiger partial charge in [0.1, 0.15) is 0 Å². The zero-order valence-electron chi connectivity index (χ0n) is 21.7. The zero-order chi connectivity index (χ0) is 22.0. The Morgan fingerprint density at radius 1 is 0.400 bits per heavy atom. The Bertz CT molecular complexity index is 316. The zero-order valence-corrected chi connectivity index (χ0v) is 21.7. The Morgan fingerprint density at radius 3 is 1.13 bits per heavy atom. The third-order valence-corrected chi connectivity index (χ3v) is 6.92. The van der Waals surface area contributed by atoms with Crippen molar-refractivity contribution < 1.29 is 0 Å². The summed E-state index contributed by atoms with van der Waals surface area (Å²) in [6.07, 6.45) is 39.3. The quantitative estimate of drug-likeness (QED) is 0.102. The lowest BCUT2D eigenvalue weighted by atomic mass is 9.92. The average Bonchev–Trinajstić information content (AvgIpc) is 2.76. The van der Waals surface area contributed by atoms with Gasteiger partial charge in [-0.05, 0) is 31.6 Å². The molecular formula is C30H60. The maximum Gasteiger partial charge on any atom is -0.0351 e. The molecule has 0 bridgehead atoms. The first-order chi connectivity index (χ1) is 14.8. The number of hydrogen-bond donors (Lipinski definition) is 0. The molecule has 0 saturated heterocycles. The van der Waals surface area contributed by atoms with E-state index in [4.69, 9.17) is 0 Å². The molecule has 0 aliphatic carbocycles. The molecule has 0 spiro atoms. The predicted octanol–water partition coefficient (Wildman–Crippen LogP) is 11.6. The second-order valence-electron chi connectivity index (χ2n) is 9.91. The second kappa shape index (κ2) is 26.8. The summed E-state index contributed by atoms with van der Waals surface area (Å²) in [5, 5.41) is 0. The summed E-state index contributed by atoms with van der Waals surface area (Å²) in [6.45, 7) is 7.01. The van der Waals surface area contributed by atoms with Crippen LogP contribution in [0.5, 0.6) is 0 Å². The lowest BCUT2D eigenvalue weighted by Gasteiger charge is -2.14. The average molecular weight is 421 g/mol. The Kier molecular flexibility index (Phi) is 26.5. The number of rotatable bonds is 25. The summed E-state index contributed by atoms with van der Waals surface area (Å²) < 4.78 is 0. The monoisotopic (exact) mass is 420 g/mol. The Labute approximate surface area is 193 Å². The first kappa shape index (κ1) is 29.7. The minimum atomic E-state index is 1.01. The van der Waals surface area contributed by atoms with E-state index in [1.165, 1.54) is 154 Å². The van der Waals surface area contributed by atoms with Crippen LogP contribution in [0.4, 0.5) is 0 Å². The first-order valence-corrected chi connectivity index (χ1v) is 14.5. The molecule has 1 atom stereocenters.